The van der Waals surface area contributed by atoms with Gasteiger partial charge >= 0.3 is 0 Å². The molecule has 1 saturated heterocycles. The highest BCUT2D eigenvalue weighted by molar-refractivity contribution is 8.07. The van der Waals surface area contributed by atoms with Crippen LogP contribution in [-0.4, -0.2) is 50.2 Å². The molecule has 2 unspecified atom stereocenters. The third-order valence-electron chi connectivity index (χ3n) is 9.54. The number of morpholine rings is 1. The summed E-state index contributed by atoms with van der Waals surface area (Å²) < 4.78 is 23.1. The normalized spacial score (nSPS) is 26.4. The Morgan fingerprint density at radius 3 is 2.19 bits per heavy atom. The second-order valence-corrected chi connectivity index (χ2v) is 13.8. The second kappa shape index (κ2) is 9.90. The average Bonchev–Trinajstić information content (AvgIpc) is 3.59. The van der Waals surface area contributed by atoms with E-state index < -0.39 is 5.41 Å². The molecule has 1 aliphatic carbocycles. The van der Waals surface area contributed by atoms with Crippen LogP contribution >= 0.6 is 23.5 Å². The van der Waals surface area contributed by atoms with E-state index in [0.29, 0.717) is 0 Å². The summed E-state index contributed by atoms with van der Waals surface area (Å²) >= 11 is 3.96. The van der Waals surface area contributed by atoms with Gasteiger partial charge in [0.05, 0.1) is 47.2 Å². The lowest BCUT2D eigenvalue weighted by Gasteiger charge is -2.54. The number of hydrogen-bond donors (Lipinski definition) is 0. The molecule has 214 valence electrons. The van der Waals surface area contributed by atoms with E-state index in [9.17, 15) is 0 Å². The van der Waals surface area contributed by atoms with Crippen molar-refractivity contribution in [2.75, 3.05) is 40.5 Å². The Hall–Kier alpha value is -3.26. The highest BCUT2D eigenvalue weighted by Crippen LogP contribution is 2.77. The number of benzene rings is 3. The van der Waals surface area contributed by atoms with Crippen molar-refractivity contribution in [3.8, 4) is 17.2 Å². The van der Waals surface area contributed by atoms with Crippen LogP contribution in [0.15, 0.2) is 101 Å². The number of methoxy groups -OCH3 is 2. The highest BCUT2D eigenvalue weighted by atomic mass is 32.2. The van der Waals surface area contributed by atoms with Gasteiger partial charge in [-0.1, -0.05) is 54.6 Å². The molecule has 4 heterocycles. The lowest BCUT2D eigenvalue weighted by atomic mass is 9.56. The Labute approximate surface area is 255 Å². The molecule has 0 spiro atoms. The molecular weight excluding hydrogens is 563 g/mol. The van der Waals surface area contributed by atoms with Gasteiger partial charge in [-0.15, -0.1) is 23.5 Å². The van der Waals surface area contributed by atoms with Gasteiger partial charge in [-0.3, -0.25) is 0 Å². The summed E-state index contributed by atoms with van der Waals surface area (Å²) in [4.78, 5) is 3.60. The van der Waals surface area contributed by atoms with E-state index in [0.717, 1.165) is 62.3 Å². The van der Waals surface area contributed by atoms with Crippen LogP contribution in [0.2, 0.25) is 0 Å². The van der Waals surface area contributed by atoms with Crippen LogP contribution in [0.5, 0.6) is 17.2 Å². The van der Waals surface area contributed by atoms with Crippen molar-refractivity contribution < 1.29 is 18.9 Å². The van der Waals surface area contributed by atoms with E-state index in [1.165, 1.54) is 27.1 Å². The van der Waals surface area contributed by atoms with Crippen molar-refractivity contribution >= 4 is 23.5 Å². The lowest BCUT2D eigenvalue weighted by molar-refractivity contribution is 0.0335. The first-order chi connectivity index (χ1) is 20.6. The first-order valence-corrected chi connectivity index (χ1v) is 16.2. The van der Waals surface area contributed by atoms with Gasteiger partial charge in [-0.05, 0) is 65.3 Å². The van der Waals surface area contributed by atoms with Gasteiger partial charge in [-0.2, -0.15) is 0 Å². The lowest BCUT2D eigenvalue weighted by Crippen LogP contribution is -2.57. The SMILES string of the molecule is COc1ccc(C2(c3ccc(OC)cc3)C=CCC34SC=CC32Sc2c4ccc3c2OC(N2CCOCC2)=CC3)cc1. The van der Waals surface area contributed by atoms with Gasteiger partial charge in [0, 0.05) is 18.7 Å². The minimum Gasteiger partial charge on any atom is -0.497 e. The Morgan fingerprint density at radius 1 is 0.833 bits per heavy atom. The van der Waals surface area contributed by atoms with E-state index in [1.54, 1.807) is 14.2 Å². The van der Waals surface area contributed by atoms with Crippen LogP contribution in [0.4, 0.5) is 0 Å². The molecule has 2 atom stereocenters. The van der Waals surface area contributed by atoms with Gasteiger partial charge in [0.15, 0.2) is 5.88 Å². The van der Waals surface area contributed by atoms with Gasteiger partial charge in [-0.25, -0.2) is 0 Å². The third kappa shape index (κ3) is 3.50. The smallest absolute Gasteiger partial charge is 0.192 e. The molecule has 8 rings (SSSR count). The summed E-state index contributed by atoms with van der Waals surface area (Å²) in [5, 5.41) is 2.34. The number of fused-ring (bicyclic) bond motifs is 3. The predicted octanol–water partition coefficient (Wildman–Crippen LogP) is 7.06. The molecular formula is C35H33NO4S2. The third-order valence-corrected chi connectivity index (χ3v) is 12.8. The van der Waals surface area contributed by atoms with Crippen molar-refractivity contribution in [1.82, 2.24) is 4.90 Å². The highest BCUT2D eigenvalue weighted by Gasteiger charge is 2.70. The molecule has 3 aromatic rings. The summed E-state index contributed by atoms with van der Waals surface area (Å²) in [6.45, 7) is 3.19. The maximum absolute atomic E-state index is 6.84. The number of rotatable bonds is 5. The fourth-order valence-corrected chi connectivity index (χ4v) is 11.2. The van der Waals surface area contributed by atoms with Crippen LogP contribution in [0.25, 0.3) is 0 Å². The van der Waals surface area contributed by atoms with E-state index in [-0.39, 0.29) is 9.49 Å². The van der Waals surface area contributed by atoms with Gasteiger partial charge in [0.2, 0.25) is 0 Å². The van der Waals surface area contributed by atoms with E-state index in [4.69, 9.17) is 18.9 Å². The average molecular weight is 596 g/mol. The van der Waals surface area contributed by atoms with Crippen LogP contribution in [0.1, 0.15) is 28.7 Å². The van der Waals surface area contributed by atoms with Crippen molar-refractivity contribution in [3.63, 3.8) is 0 Å². The zero-order valence-electron chi connectivity index (χ0n) is 23.8. The Bertz CT molecular complexity index is 1580. The molecule has 0 N–H and O–H groups in total. The molecule has 7 heteroatoms. The van der Waals surface area contributed by atoms with Crippen molar-refractivity contribution in [1.29, 1.82) is 0 Å². The molecule has 5 aliphatic rings. The second-order valence-electron chi connectivity index (χ2n) is 11.3. The number of hydrogen-bond acceptors (Lipinski definition) is 7. The number of nitrogens with zero attached hydrogens (tertiary/aromatic N) is 1. The molecule has 0 saturated carbocycles. The molecule has 5 nitrogen and oxygen atoms in total. The van der Waals surface area contributed by atoms with E-state index in [2.05, 4.69) is 95.3 Å². The van der Waals surface area contributed by atoms with Crippen LogP contribution in [0, 0.1) is 0 Å². The largest absolute Gasteiger partial charge is 0.497 e. The zero-order chi connectivity index (χ0) is 28.4. The minimum atomic E-state index is -0.447. The van der Waals surface area contributed by atoms with Gasteiger partial charge in [0.1, 0.15) is 17.2 Å². The van der Waals surface area contributed by atoms with Gasteiger partial charge in [0.25, 0.3) is 0 Å². The molecule has 0 amide bonds. The molecule has 42 heavy (non-hydrogen) atoms. The van der Waals surface area contributed by atoms with E-state index in [1.807, 2.05) is 23.5 Å². The predicted molar refractivity (Wildman–Crippen MR) is 169 cm³/mol. The summed E-state index contributed by atoms with van der Waals surface area (Å²) in [7, 11) is 3.45. The maximum Gasteiger partial charge on any atom is 0.192 e. The fraction of sp³-hybridized carbons (Fsp3) is 0.314. The van der Waals surface area contributed by atoms with Crippen molar-refractivity contribution in [2.45, 2.75) is 32.6 Å². The summed E-state index contributed by atoms with van der Waals surface area (Å²) in [6.07, 6.45) is 11.4. The number of ether oxygens (including phenoxy) is 4. The quantitative estimate of drug-likeness (QED) is 0.293. The Balaban J connectivity index is 1.31. The topological polar surface area (TPSA) is 40.2 Å². The first-order valence-electron chi connectivity index (χ1n) is 14.5. The molecule has 3 aromatic carbocycles. The van der Waals surface area contributed by atoms with Gasteiger partial charge < -0.3 is 23.8 Å². The molecule has 0 aromatic heterocycles. The minimum absolute atomic E-state index is 0.180. The Morgan fingerprint density at radius 2 is 1.52 bits per heavy atom. The molecule has 4 aliphatic heterocycles. The monoisotopic (exact) mass is 595 g/mol. The van der Waals surface area contributed by atoms with Crippen LogP contribution in [0.3, 0.4) is 0 Å². The fourth-order valence-electron chi connectivity index (χ4n) is 7.49. The zero-order valence-corrected chi connectivity index (χ0v) is 25.4. The number of allylic oxidation sites excluding steroid dienone is 3. The molecule has 0 bridgehead atoms. The summed E-state index contributed by atoms with van der Waals surface area (Å²) in [6, 6.07) is 22.0. The maximum atomic E-state index is 6.84. The van der Waals surface area contributed by atoms with Crippen molar-refractivity contribution in [3.05, 3.63) is 119 Å². The van der Waals surface area contributed by atoms with Crippen molar-refractivity contribution in [2.24, 2.45) is 0 Å². The summed E-state index contributed by atoms with van der Waals surface area (Å²) in [5.41, 5.74) is 4.66. The standard InChI is InChI=1S/C35H33NO4S2/c1-37-27-10-6-25(7-11-27)33(26-8-12-28(38-2)13-9-26)16-3-17-34-29-14-4-24-5-15-30(36-19-21-39-22-20-36)40-31(24)32(29)42-35(33,34)18-23-41-34/h3-4,6-16,18,23H,5,17,19-22H2,1-2H3. The summed E-state index contributed by atoms with van der Waals surface area (Å²) in [5.74, 6) is 3.71. The molecule has 1 fully saturated rings. The first kappa shape index (κ1) is 26.4. The Kier molecular flexibility index (Phi) is 6.22. The van der Waals surface area contributed by atoms with E-state index >= 15 is 0 Å². The van der Waals surface area contributed by atoms with Crippen LogP contribution < -0.4 is 14.2 Å². The molecule has 0 radical (unpaired) electrons. The van der Waals surface area contributed by atoms with Crippen LogP contribution in [-0.2, 0) is 21.3 Å². The number of thioether (sulfide) groups is 2.